The number of fused-ring (bicyclic) bond motifs is 1. The number of nitrogens with two attached hydrogens (primary N) is 1. The highest BCUT2D eigenvalue weighted by Crippen LogP contribution is 2.33. The molecule has 5 nitrogen and oxygen atoms in total. The lowest BCUT2D eigenvalue weighted by molar-refractivity contribution is -0.115. The van der Waals surface area contributed by atoms with Crippen LogP contribution in [0.3, 0.4) is 0 Å². The molecule has 5 heteroatoms. The zero-order valence-corrected chi connectivity index (χ0v) is 14.1. The lowest BCUT2D eigenvalue weighted by atomic mass is 10.0. The number of hydrogen-bond donors (Lipinski definition) is 2. The van der Waals surface area contributed by atoms with Crippen LogP contribution in [0.2, 0.25) is 0 Å². The molecule has 0 bridgehead atoms. The van der Waals surface area contributed by atoms with Crippen LogP contribution in [-0.2, 0) is 4.79 Å². The summed E-state index contributed by atoms with van der Waals surface area (Å²) in [5.74, 6) is 1.17. The van der Waals surface area contributed by atoms with E-state index in [0.29, 0.717) is 24.8 Å². The molecule has 1 heterocycles. The van der Waals surface area contributed by atoms with Gasteiger partial charge in [0, 0.05) is 17.4 Å². The number of nitrogens with zero attached hydrogens (tertiary/aromatic N) is 1. The number of ether oxygens (including phenoxy) is 1. The number of nitrogens with one attached hydrogen (secondary N) is 1. The molecule has 0 radical (unpaired) electrons. The number of benzene rings is 2. The minimum absolute atomic E-state index is 0.0445. The van der Waals surface area contributed by atoms with Gasteiger partial charge in [0.2, 0.25) is 5.91 Å². The van der Waals surface area contributed by atoms with Crippen molar-refractivity contribution in [3.63, 3.8) is 0 Å². The van der Waals surface area contributed by atoms with E-state index in [2.05, 4.69) is 19.2 Å². The molecule has 1 aliphatic rings. The Bertz CT molecular complexity index is 726. The fraction of sp³-hybridized carbons (Fsp3) is 0.316. The van der Waals surface area contributed by atoms with Crippen molar-refractivity contribution >= 4 is 23.0 Å². The van der Waals surface area contributed by atoms with Crippen LogP contribution in [0.5, 0.6) is 5.75 Å². The first kappa shape index (κ1) is 16.2. The van der Waals surface area contributed by atoms with Crippen LogP contribution in [0.15, 0.2) is 42.5 Å². The van der Waals surface area contributed by atoms with E-state index in [1.807, 2.05) is 41.3 Å². The molecule has 0 fully saturated rings. The summed E-state index contributed by atoms with van der Waals surface area (Å²) in [7, 11) is 0. The average molecular weight is 325 g/mol. The molecule has 0 atom stereocenters. The van der Waals surface area contributed by atoms with E-state index >= 15 is 0 Å². The molecular formula is C19H23N3O2. The second kappa shape index (κ2) is 6.83. The minimum atomic E-state index is -0.0445. The average Bonchev–Trinajstić information content (AvgIpc) is 2.55. The fourth-order valence-electron chi connectivity index (χ4n) is 2.78. The summed E-state index contributed by atoms with van der Waals surface area (Å²) in [6, 6.07) is 13.5. The van der Waals surface area contributed by atoms with E-state index < -0.39 is 0 Å². The van der Waals surface area contributed by atoms with Crippen molar-refractivity contribution in [2.45, 2.75) is 19.8 Å². The van der Waals surface area contributed by atoms with Gasteiger partial charge in [-0.2, -0.15) is 0 Å². The lowest BCUT2D eigenvalue weighted by Gasteiger charge is -2.30. The molecule has 0 aromatic heterocycles. The Morgan fingerprint density at radius 3 is 2.71 bits per heavy atom. The third kappa shape index (κ3) is 3.62. The van der Waals surface area contributed by atoms with E-state index in [0.717, 1.165) is 17.1 Å². The molecule has 3 N–H and O–H groups in total. The summed E-state index contributed by atoms with van der Waals surface area (Å²) in [4.78, 5) is 14.4. The van der Waals surface area contributed by atoms with Gasteiger partial charge in [0.05, 0.1) is 18.8 Å². The van der Waals surface area contributed by atoms with Crippen LogP contribution >= 0.6 is 0 Å². The lowest BCUT2D eigenvalue weighted by Crippen LogP contribution is -2.38. The second-order valence-electron chi connectivity index (χ2n) is 6.32. The predicted octanol–water partition coefficient (Wildman–Crippen LogP) is 3.23. The maximum absolute atomic E-state index is 12.4. The van der Waals surface area contributed by atoms with Crippen molar-refractivity contribution in [3.8, 4) is 5.75 Å². The molecule has 2 aromatic carbocycles. The van der Waals surface area contributed by atoms with Crippen molar-refractivity contribution in [1.82, 2.24) is 0 Å². The van der Waals surface area contributed by atoms with E-state index in [1.165, 1.54) is 5.56 Å². The number of hydrogen-bond acceptors (Lipinski definition) is 4. The van der Waals surface area contributed by atoms with Gasteiger partial charge >= 0.3 is 0 Å². The van der Waals surface area contributed by atoms with Crippen LogP contribution < -0.4 is 20.7 Å². The van der Waals surface area contributed by atoms with Gasteiger partial charge in [0.15, 0.2) is 0 Å². The van der Waals surface area contributed by atoms with Gasteiger partial charge in [-0.25, -0.2) is 0 Å². The zero-order valence-electron chi connectivity index (χ0n) is 14.1. The third-order valence-electron chi connectivity index (χ3n) is 4.14. The smallest absolute Gasteiger partial charge is 0.243 e. The molecule has 126 valence electrons. The summed E-state index contributed by atoms with van der Waals surface area (Å²) in [6.45, 7) is 5.81. The van der Waals surface area contributed by atoms with Crippen molar-refractivity contribution in [1.29, 1.82) is 0 Å². The van der Waals surface area contributed by atoms with E-state index in [9.17, 15) is 4.79 Å². The highest BCUT2D eigenvalue weighted by Gasteiger charge is 2.20. The highest BCUT2D eigenvalue weighted by molar-refractivity contribution is 5.94. The molecule has 0 saturated carbocycles. The first-order valence-corrected chi connectivity index (χ1v) is 8.20. The molecule has 1 aliphatic heterocycles. The van der Waals surface area contributed by atoms with Crippen molar-refractivity contribution in [3.05, 3.63) is 48.0 Å². The van der Waals surface area contributed by atoms with E-state index in [4.69, 9.17) is 10.5 Å². The number of amides is 1. The molecule has 0 aliphatic carbocycles. The van der Waals surface area contributed by atoms with Gasteiger partial charge < -0.3 is 20.7 Å². The van der Waals surface area contributed by atoms with Crippen LogP contribution in [0.4, 0.5) is 17.1 Å². The van der Waals surface area contributed by atoms with Crippen LogP contribution in [-0.4, -0.2) is 25.6 Å². The molecule has 1 amide bonds. The first-order valence-electron chi connectivity index (χ1n) is 8.20. The number of anilines is 3. The van der Waals surface area contributed by atoms with Crippen molar-refractivity contribution in [2.24, 2.45) is 0 Å². The summed E-state index contributed by atoms with van der Waals surface area (Å²) >= 11 is 0. The maximum Gasteiger partial charge on any atom is 0.243 e. The largest absolute Gasteiger partial charge is 0.489 e. The van der Waals surface area contributed by atoms with Gasteiger partial charge in [-0.3, -0.25) is 4.79 Å². The molecule has 24 heavy (non-hydrogen) atoms. The fourth-order valence-corrected chi connectivity index (χ4v) is 2.78. The van der Waals surface area contributed by atoms with Crippen LogP contribution in [0.1, 0.15) is 25.3 Å². The second-order valence-corrected chi connectivity index (χ2v) is 6.32. The van der Waals surface area contributed by atoms with Crippen LogP contribution in [0, 0.1) is 0 Å². The number of rotatable bonds is 4. The molecule has 3 rings (SSSR count). The Balaban J connectivity index is 1.65. The Morgan fingerprint density at radius 2 is 2.00 bits per heavy atom. The SMILES string of the molecule is CC(C)c1ccc(NC(=O)CN2CCOc3cc(N)ccc32)cc1. The predicted molar refractivity (Wildman–Crippen MR) is 97.7 cm³/mol. The summed E-state index contributed by atoms with van der Waals surface area (Å²) < 4.78 is 5.62. The van der Waals surface area contributed by atoms with Gasteiger partial charge in [0.25, 0.3) is 0 Å². The summed E-state index contributed by atoms with van der Waals surface area (Å²) in [6.07, 6.45) is 0. The molecular weight excluding hydrogens is 302 g/mol. The Morgan fingerprint density at radius 1 is 1.25 bits per heavy atom. The van der Waals surface area contributed by atoms with E-state index in [-0.39, 0.29) is 12.5 Å². The quantitative estimate of drug-likeness (QED) is 0.847. The minimum Gasteiger partial charge on any atom is -0.489 e. The molecule has 2 aromatic rings. The van der Waals surface area contributed by atoms with Crippen LogP contribution in [0.25, 0.3) is 0 Å². The number of nitrogen functional groups attached to an aromatic ring is 1. The van der Waals surface area contributed by atoms with Crippen molar-refractivity contribution < 1.29 is 9.53 Å². The molecule has 0 unspecified atom stereocenters. The number of carbonyl (C=O) groups excluding carboxylic acids is 1. The Hall–Kier alpha value is -2.69. The zero-order chi connectivity index (χ0) is 17.1. The topological polar surface area (TPSA) is 67.6 Å². The maximum atomic E-state index is 12.4. The van der Waals surface area contributed by atoms with Gasteiger partial charge in [-0.05, 0) is 35.7 Å². The highest BCUT2D eigenvalue weighted by atomic mass is 16.5. The summed E-state index contributed by atoms with van der Waals surface area (Å²) in [5, 5.41) is 2.95. The van der Waals surface area contributed by atoms with Gasteiger partial charge in [0.1, 0.15) is 12.4 Å². The Labute approximate surface area is 142 Å². The summed E-state index contributed by atoms with van der Waals surface area (Å²) in [5.41, 5.74) is 9.42. The standard InChI is InChI=1S/C19H23N3O2/c1-13(2)14-3-6-16(7-4-14)21-19(23)12-22-9-10-24-18-11-15(20)5-8-17(18)22/h3-8,11,13H,9-10,12,20H2,1-2H3,(H,21,23). The first-order chi connectivity index (χ1) is 11.5. The third-order valence-corrected chi connectivity index (χ3v) is 4.14. The van der Waals surface area contributed by atoms with Gasteiger partial charge in [-0.15, -0.1) is 0 Å². The normalized spacial score (nSPS) is 13.4. The number of carbonyl (C=O) groups is 1. The molecule has 0 spiro atoms. The monoisotopic (exact) mass is 325 g/mol. The van der Waals surface area contributed by atoms with E-state index in [1.54, 1.807) is 6.07 Å². The Kier molecular flexibility index (Phi) is 4.60. The van der Waals surface area contributed by atoms with Gasteiger partial charge in [-0.1, -0.05) is 26.0 Å². The molecule has 0 saturated heterocycles. The van der Waals surface area contributed by atoms with Crippen molar-refractivity contribution in [2.75, 3.05) is 35.6 Å².